The van der Waals surface area contributed by atoms with Gasteiger partial charge in [0.2, 0.25) is 0 Å². The minimum Gasteiger partial charge on any atom is -0.0654 e. The molecule has 0 aromatic heterocycles. The third-order valence-corrected chi connectivity index (χ3v) is 3.32. The van der Waals surface area contributed by atoms with Gasteiger partial charge in [-0.05, 0) is 55.4 Å². The molecule has 0 aliphatic heterocycles. The molecule has 0 heteroatoms. The number of hydrogen-bond donors (Lipinski definition) is 0. The molecule has 0 saturated carbocycles. The van der Waals surface area contributed by atoms with Crippen molar-refractivity contribution in [3.8, 4) is 0 Å². The van der Waals surface area contributed by atoms with E-state index in [4.69, 9.17) is 0 Å². The van der Waals surface area contributed by atoms with Gasteiger partial charge in [-0.25, -0.2) is 0 Å². The van der Waals surface area contributed by atoms with Crippen LogP contribution in [0.1, 0.15) is 62.8 Å². The van der Waals surface area contributed by atoms with Crippen molar-refractivity contribution in [1.29, 1.82) is 0 Å². The number of aryl methyl sites for hydroxylation is 2. The second-order valence-corrected chi connectivity index (χ2v) is 5.34. The van der Waals surface area contributed by atoms with Gasteiger partial charge < -0.3 is 0 Å². The summed E-state index contributed by atoms with van der Waals surface area (Å²) in [5, 5.41) is 0. The molecule has 1 rings (SSSR count). The summed E-state index contributed by atoms with van der Waals surface area (Å²) in [6.07, 6.45) is 3.86. The largest absolute Gasteiger partial charge is 0.0654 e. The lowest BCUT2D eigenvalue weighted by Crippen LogP contribution is -1.93. The summed E-state index contributed by atoms with van der Waals surface area (Å²) >= 11 is 0. The van der Waals surface area contributed by atoms with Crippen LogP contribution in [0.3, 0.4) is 0 Å². The van der Waals surface area contributed by atoms with Crippen LogP contribution in [0.4, 0.5) is 0 Å². The van der Waals surface area contributed by atoms with E-state index in [1.54, 1.807) is 0 Å². The van der Waals surface area contributed by atoms with Gasteiger partial charge in [0.15, 0.2) is 0 Å². The molecule has 1 aromatic carbocycles. The molecule has 0 heterocycles. The van der Waals surface area contributed by atoms with Crippen LogP contribution >= 0.6 is 0 Å². The Balaban J connectivity index is 0.000000366. The fourth-order valence-corrected chi connectivity index (χ4v) is 2.13. The summed E-state index contributed by atoms with van der Waals surface area (Å²) in [4.78, 5) is 0. The van der Waals surface area contributed by atoms with Gasteiger partial charge >= 0.3 is 0 Å². The van der Waals surface area contributed by atoms with Crippen LogP contribution in [0.5, 0.6) is 0 Å². The average molecular weight is 234 g/mol. The van der Waals surface area contributed by atoms with Crippen LogP contribution in [-0.4, -0.2) is 0 Å². The fraction of sp³-hybridized carbons (Fsp3) is 0.647. The van der Waals surface area contributed by atoms with Crippen molar-refractivity contribution in [2.45, 2.75) is 67.7 Å². The predicted octanol–water partition coefficient (Wildman–Crippen LogP) is 5.62. The maximum Gasteiger partial charge on any atom is -0.0302 e. The van der Waals surface area contributed by atoms with Gasteiger partial charge in [-0.15, -0.1) is 0 Å². The van der Waals surface area contributed by atoms with Crippen molar-refractivity contribution in [2.24, 2.45) is 5.92 Å². The van der Waals surface area contributed by atoms with Crippen molar-refractivity contribution >= 4 is 0 Å². The smallest absolute Gasteiger partial charge is 0.0302 e. The normalized spacial score (nSPS) is 10.1. The van der Waals surface area contributed by atoms with Gasteiger partial charge in [0.25, 0.3) is 0 Å². The van der Waals surface area contributed by atoms with Crippen molar-refractivity contribution < 1.29 is 0 Å². The molecule has 0 radical (unpaired) electrons. The van der Waals surface area contributed by atoms with Crippen LogP contribution in [0.25, 0.3) is 0 Å². The van der Waals surface area contributed by atoms with Crippen molar-refractivity contribution in [3.05, 3.63) is 34.4 Å². The minimum atomic E-state index is 0.898. The Morgan fingerprint density at radius 3 is 1.76 bits per heavy atom. The minimum absolute atomic E-state index is 0.898. The first-order valence-electron chi connectivity index (χ1n) is 6.99. The van der Waals surface area contributed by atoms with E-state index in [0.717, 1.165) is 12.3 Å². The van der Waals surface area contributed by atoms with Crippen molar-refractivity contribution in [3.63, 3.8) is 0 Å². The van der Waals surface area contributed by atoms with Crippen molar-refractivity contribution in [2.75, 3.05) is 0 Å². The maximum atomic E-state index is 2.25. The van der Waals surface area contributed by atoms with Crippen LogP contribution in [0.15, 0.2) is 12.1 Å². The van der Waals surface area contributed by atoms with Crippen LogP contribution < -0.4 is 0 Å². The molecule has 17 heavy (non-hydrogen) atoms. The highest BCUT2D eigenvalue weighted by molar-refractivity contribution is 5.38. The van der Waals surface area contributed by atoms with E-state index in [0.29, 0.717) is 0 Å². The molecule has 0 saturated heterocycles. The SMILES string of the molecule is CCCC(C)C.CCc1c(C)ccc(C)c1C. The first-order valence-corrected chi connectivity index (χ1v) is 6.99. The van der Waals surface area contributed by atoms with Gasteiger partial charge in [0.1, 0.15) is 0 Å². The molecule has 0 fully saturated rings. The average Bonchev–Trinajstić information content (AvgIpc) is 2.25. The number of rotatable bonds is 3. The molecule has 0 nitrogen and oxygen atoms in total. The summed E-state index contributed by atoms with van der Waals surface area (Å²) in [7, 11) is 0. The molecule has 0 aliphatic carbocycles. The zero-order chi connectivity index (χ0) is 13.4. The molecule has 0 bridgehead atoms. The third kappa shape index (κ3) is 5.91. The van der Waals surface area contributed by atoms with E-state index in [9.17, 15) is 0 Å². The molecule has 0 amide bonds. The van der Waals surface area contributed by atoms with Crippen LogP contribution in [0.2, 0.25) is 0 Å². The number of benzene rings is 1. The highest BCUT2D eigenvalue weighted by Crippen LogP contribution is 2.17. The van der Waals surface area contributed by atoms with Gasteiger partial charge in [-0.3, -0.25) is 0 Å². The summed E-state index contributed by atoms with van der Waals surface area (Å²) in [6.45, 7) is 15.5. The summed E-state index contributed by atoms with van der Waals surface area (Å²) in [5.74, 6) is 0.898. The molecule has 1 aromatic rings. The quantitative estimate of drug-likeness (QED) is 0.637. The highest BCUT2D eigenvalue weighted by Gasteiger charge is 2.01. The Morgan fingerprint density at radius 1 is 0.941 bits per heavy atom. The first kappa shape index (κ1) is 16.2. The monoisotopic (exact) mass is 234 g/mol. The standard InChI is InChI=1S/C11H16.C6H14/c1-5-11-9(3)7-6-8(2)10(11)4;1-4-5-6(2)3/h6-7H,5H2,1-4H3;6H,4-5H2,1-3H3. The fourth-order valence-electron chi connectivity index (χ4n) is 2.13. The molecular weight excluding hydrogens is 204 g/mol. The van der Waals surface area contributed by atoms with Gasteiger partial charge in [-0.2, -0.15) is 0 Å². The Bertz CT molecular complexity index is 321. The van der Waals surface area contributed by atoms with Gasteiger partial charge in [0.05, 0.1) is 0 Å². The Kier molecular flexibility index (Phi) is 7.95. The zero-order valence-corrected chi connectivity index (χ0v) is 12.9. The second-order valence-electron chi connectivity index (χ2n) is 5.34. The molecule has 0 atom stereocenters. The molecule has 0 unspecified atom stereocenters. The second kappa shape index (κ2) is 8.33. The number of hydrogen-bond acceptors (Lipinski definition) is 0. The topological polar surface area (TPSA) is 0 Å². The van der Waals surface area contributed by atoms with E-state index in [1.807, 2.05) is 0 Å². The van der Waals surface area contributed by atoms with Crippen molar-refractivity contribution in [1.82, 2.24) is 0 Å². The van der Waals surface area contributed by atoms with E-state index in [2.05, 4.69) is 60.6 Å². The third-order valence-electron chi connectivity index (χ3n) is 3.32. The van der Waals surface area contributed by atoms with E-state index >= 15 is 0 Å². The van der Waals surface area contributed by atoms with Gasteiger partial charge in [0, 0.05) is 0 Å². The lowest BCUT2D eigenvalue weighted by Gasteiger charge is -2.09. The Labute approximate surface area is 108 Å². The molecule has 0 spiro atoms. The lowest BCUT2D eigenvalue weighted by atomic mass is 9.97. The molecule has 0 N–H and O–H groups in total. The Hall–Kier alpha value is -0.780. The zero-order valence-electron chi connectivity index (χ0n) is 12.9. The Morgan fingerprint density at radius 2 is 1.47 bits per heavy atom. The molecule has 98 valence electrons. The lowest BCUT2D eigenvalue weighted by molar-refractivity contribution is 0.576. The van der Waals surface area contributed by atoms with Crippen LogP contribution in [0, 0.1) is 26.7 Å². The first-order chi connectivity index (χ1) is 7.93. The van der Waals surface area contributed by atoms with Crippen LogP contribution in [-0.2, 0) is 6.42 Å². The van der Waals surface area contributed by atoms with Gasteiger partial charge in [-0.1, -0.05) is 52.7 Å². The highest BCUT2D eigenvalue weighted by atomic mass is 14.1. The maximum absolute atomic E-state index is 2.25. The van der Waals surface area contributed by atoms with E-state index in [1.165, 1.54) is 35.1 Å². The van der Waals surface area contributed by atoms with E-state index in [-0.39, 0.29) is 0 Å². The summed E-state index contributed by atoms with van der Waals surface area (Å²) in [5.41, 5.74) is 5.82. The van der Waals surface area contributed by atoms with E-state index < -0.39 is 0 Å². The summed E-state index contributed by atoms with van der Waals surface area (Å²) < 4.78 is 0. The predicted molar refractivity (Wildman–Crippen MR) is 79.8 cm³/mol. The summed E-state index contributed by atoms with van der Waals surface area (Å²) in [6, 6.07) is 4.41. The molecule has 0 aliphatic rings. The molecular formula is C17H30.